The van der Waals surface area contributed by atoms with Gasteiger partial charge in [-0.3, -0.25) is 0 Å². The van der Waals surface area contributed by atoms with Gasteiger partial charge >= 0.3 is 0 Å². The maximum atomic E-state index is 14.2. The fourth-order valence-electron chi connectivity index (χ4n) is 1.81. The molecule has 1 aliphatic heterocycles. The summed E-state index contributed by atoms with van der Waals surface area (Å²) in [6, 6.07) is 4.00. The van der Waals surface area contributed by atoms with Crippen molar-refractivity contribution >= 4 is 27.3 Å². The van der Waals surface area contributed by atoms with Gasteiger partial charge in [0.2, 0.25) is 0 Å². The Labute approximate surface area is 95.8 Å². The van der Waals surface area contributed by atoms with Gasteiger partial charge in [0.15, 0.2) is 0 Å². The molecule has 14 heavy (non-hydrogen) atoms. The summed E-state index contributed by atoms with van der Waals surface area (Å²) < 4.78 is 15.3. The molecular formula is C10H13BrFNS. The highest BCUT2D eigenvalue weighted by Crippen LogP contribution is 2.32. The summed E-state index contributed by atoms with van der Waals surface area (Å²) >= 11 is 5.03. The van der Waals surface area contributed by atoms with Gasteiger partial charge in [0.05, 0.1) is 3.79 Å². The van der Waals surface area contributed by atoms with E-state index in [1.165, 1.54) is 0 Å². The van der Waals surface area contributed by atoms with Crippen molar-refractivity contribution in [3.05, 3.63) is 20.8 Å². The van der Waals surface area contributed by atoms with Crippen LogP contribution < -0.4 is 5.32 Å². The lowest BCUT2D eigenvalue weighted by Crippen LogP contribution is -2.39. The molecule has 0 radical (unpaired) electrons. The number of rotatable bonds is 2. The molecule has 0 saturated carbocycles. The van der Waals surface area contributed by atoms with E-state index >= 15 is 0 Å². The Morgan fingerprint density at radius 2 is 2.14 bits per heavy atom. The number of thiophene rings is 1. The van der Waals surface area contributed by atoms with Crippen molar-refractivity contribution in [2.24, 2.45) is 0 Å². The monoisotopic (exact) mass is 277 g/mol. The third-order valence-electron chi connectivity index (χ3n) is 2.62. The van der Waals surface area contributed by atoms with Crippen molar-refractivity contribution in [2.45, 2.75) is 24.9 Å². The highest BCUT2D eigenvalue weighted by molar-refractivity contribution is 9.11. The molecular weight excluding hydrogens is 265 g/mol. The first-order valence-corrected chi connectivity index (χ1v) is 6.43. The third kappa shape index (κ3) is 2.55. The largest absolute Gasteiger partial charge is 0.316 e. The van der Waals surface area contributed by atoms with Crippen LogP contribution in [-0.4, -0.2) is 18.8 Å². The third-order valence-corrected chi connectivity index (χ3v) is 4.24. The van der Waals surface area contributed by atoms with Crippen LogP contribution in [0.5, 0.6) is 0 Å². The van der Waals surface area contributed by atoms with Crippen LogP contribution in [0.2, 0.25) is 0 Å². The van der Waals surface area contributed by atoms with Crippen LogP contribution in [0, 0.1) is 0 Å². The molecule has 0 aromatic carbocycles. The maximum Gasteiger partial charge on any atom is 0.118 e. The second kappa shape index (κ2) is 4.29. The van der Waals surface area contributed by atoms with Gasteiger partial charge in [-0.15, -0.1) is 11.3 Å². The van der Waals surface area contributed by atoms with E-state index in [1.807, 2.05) is 12.1 Å². The van der Waals surface area contributed by atoms with E-state index in [-0.39, 0.29) is 0 Å². The van der Waals surface area contributed by atoms with Crippen LogP contribution in [0.4, 0.5) is 4.39 Å². The first-order valence-electron chi connectivity index (χ1n) is 4.82. The fourth-order valence-corrected chi connectivity index (χ4v) is 3.42. The fraction of sp³-hybridized carbons (Fsp3) is 0.600. The van der Waals surface area contributed by atoms with Gasteiger partial charge in [-0.2, -0.15) is 0 Å². The molecule has 1 aromatic heterocycles. The van der Waals surface area contributed by atoms with Gasteiger partial charge in [-0.25, -0.2) is 4.39 Å². The molecule has 0 bridgehead atoms. The standard InChI is InChI=1S/C10H13BrFNS/c11-9-2-1-8(14-9)7-10(12)3-5-13-6-4-10/h1-2,13H,3-7H2. The normalized spacial score (nSPS) is 21.0. The lowest BCUT2D eigenvalue weighted by Gasteiger charge is -2.29. The predicted molar refractivity (Wildman–Crippen MR) is 61.7 cm³/mol. The predicted octanol–water partition coefficient (Wildman–Crippen LogP) is 3.14. The van der Waals surface area contributed by atoms with E-state index in [4.69, 9.17) is 0 Å². The van der Waals surface area contributed by atoms with Crippen LogP contribution >= 0.6 is 27.3 Å². The minimum atomic E-state index is -0.977. The summed E-state index contributed by atoms with van der Waals surface area (Å²) in [5.74, 6) is 0. The number of halogens is 2. The molecule has 0 atom stereocenters. The van der Waals surface area contributed by atoms with Gasteiger partial charge < -0.3 is 5.32 Å². The quantitative estimate of drug-likeness (QED) is 0.876. The molecule has 1 aliphatic rings. The van der Waals surface area contributed by atoms with Crippen molar-refractivity contribution in [1.82, 2.24) is 5.32 Å². The van der Waals surface area contributed by atoms with E-state index in [0.29, 0.717) is 19.3 Å². The first-order chi connectivity index (χ1) is 6.68. The summed E-state index contributed by atoms with van der Waals surface area (Å²) in [5.41, 5.74) is -0.977. The minimum absolute atomic E-state index is 0.574. The number of hydrogen-bond donors (Lipinski definition) is 1. The van der Waals surface area contributed by atoms with Crippen LogP contribution in [-0.2, 0) is 6.42 Å². The van der Waals surface area contributed by atoms with Gasteiger partial charge in [-0.1, -0.05) is 0 Å². The zero-order valence-electron chi connectivity index (χ0n) is 7.85. The topological polar surface area (TPSA) is 12.0 Å². The molecule has 1 saturated heterocycles. The van der Waals surface area contributed by atoms with Crippen molar-refractivity contribution in [3.63, 3.8) is 0 Å². The highest BCUT2D eigenvalue weighted by atomic mass is 79.9. The summed E-state index contributed by atoms with van der Waals surface area (Å²) in [6.45, 7) is 1.62. The molecule has 0 unspecified atom stereocenters. The van der Waals surface area contributed by atoms with Crippen LogP contribution in [0.25, 0.3) is 0 Å². The van der Waals surface area contributed by atoms with Gasteiger partial charge in [0, 0.05) is 11.3 Å². The number of alkyl halides is 1. The van der Waals surface area contributed by atoms with Crippen molar-refractivity contribution in [2.75, 3.05) is 13.1 Å². The lowest BCUT2D eigenvalue weighted by atomic mass is 9.90. The van der Waals surface area contributed by atoms with E-state index < -0.39 is 5.67 Å². The molecule has 0 amide bonds. The molecule has 2 heterocycles. The van der Waals surface area contributed by atoms with Crippen molar-refractivity contribution in [1.29, 1.82) is 0 Å². The molecule has 0 aliphatic carbocycles. The molecule has 1 N–H and O–H groups in total. The Bertz CT molecular complexity index is 307. The highest BCUT2D eigenvalue weighted by Gasteiger charge is 2.32. The van der Waals surface area contributed by atoms with E-state index in [0.717, 1.165) is 21.8 Å². The Kier molecular flexibility index (Phi) is 3.24. The molecule has 2 rings (SSSR count). The van der Waals surface area contributed by atoms with Crippen LogP contribution in [0.3, 0.4) is 0 Å². The lowest BCUT2D eigenvalue weighted by molar-refractivity contribution is 0.117. The van der Waals surface area contributed by atoms with E-state index in [1.54, 1.807) is 11.3 Å². The molecule has 0 spiro atoms. The molecule has 1 fully saturated rings. The SMILES string of the molecule is FC1(Cc2ccc(Br)s2)CCNCC1. The number of nitrogens with one attached hydrogen (secondary N) is 1. The second-order valence-corrected chi connectivity index (χ2v) is 6.33. The Balaban J connectivity index is 2.01. The van der Waals surface area contributed by atoms with Crippen molar-refractivity contribution < 1.29 is 4.39 Å². The summed E-state index contributed by atoms with van der Waals surface area (Å²) in [5, 5.41) is 3.19. The average molecular weight is 278 g/mol. The summed E-state index contributed by atoms with van der Waals surface area (Å²) in [7, 11) is 0. The molecule has 78 valence electrons. The zero-order valence-corrected chi connectivity index (χ0v) is 10.3. The van der Waals surface area contributed by atoms with E-state index in [9.17, 15) is 4.39 Å². The Morgan fingerprint density at radius 3 is 2.71 bits per heavy atom. The Morgan fingerprint density at radius 1 is 1.43 bits per heavy atom. The summed E-state index contributed by atoms with van der Waals surface area (Å²) in [4.78, 5) is 1.14. The minimum Gasteiger partial charge on any atom is -0.316 e. The molecule has 1 nitrogen and oxygen atoms in total. The summed E-state index contributed by atoms with van der Waals surface area (Å²) in [6.07, 6.45) is 1.86. The average Bonchev–Trinajstić information content (AvgIpc) is 2.51. The number of piperidine rings is 1. The Hall–Kier alpha value is 0.0700. The van der Waals surface area contributed by atoms with Crippen molar-refractivity contribution in [3.8, 4) is 0 Å². The zero-order chi connectivity index (χ0) is 10.0. The van der Waals surface area contributed by atoms with Crippen LogP contribution in [0.15, 0.2) is 15.9 Å². The first kappa shape index (κ1) is 10.6. The van der Waals surface area contributed by atoms with Gasteiger partial charge in [0.25, 0.3) is 0 Å². The maximum absolute atomic E-state index is 14.2. The smallest absolute Gasteiger partial charge is 0.118 e. The molecule has 4 heteroatoms. The van der Waals surface area contributed by atoms with Gasteiger partial charge in [-0.05, 0) is 54.0 Å². The van der Waals surface area contributed by atoms with Crippen LogP contribution in [0.1, 0.15) is 17.7 Å². The number of hydrogen-bond acceptors (Lipinski definition) is 2. The second-order valence-electron chi connectivity index (χ2n) is 3.78. The molecule has 1 aromatic rings. The van der Waals surface area contributed by atoms with Gasteiger partial charge in [0.1, 0.15) is 5.67 Å². The van der Waals surface area contributed by atoms with E-state index in [2.05, 4.69) is 21.2 Å².